The Labute approximate surface area is 115 Å². The topological polar surface area (TPSA) is 12.0 Å². The van der Waals surface area contributed by atoms with E-state index < -0.39 is 0 Å². The zero-order valence-electron chi connectivity index (χ0n) is 9.63. The van der Waals surface area contributed by atoms with Gasteiger partial charge in [0.2, 0.25) is 0 Å². The van der Waals surface area contributed by atoms with Gasteiger partial charge in [-0.05, 0) is 48.7 Å². The van der Waals surface area contributed by atoms with Crippen molar-refractivity contribution in [1.82, 2.24) is 5.32 Å². The highest BCUT2D eigenvalue weighted by molar-refractivity contribution is 7.10. The van der Waals surface area contributed by atoms with E-state index in [9.17, 15) is 0 Å². The molecule has 2 rings (SSSR count). The molecule has 2 aromatic rings. The van der Waals surface area contributed by atoms with Gasteiger partial charge in [0.1, 0.15) is 0 Å². The smallest absolute Gasteiger partial charge is 0.0671 e. The molecule has 1 aromatic heterocycles. The molecule has 0 aliphatic rings. The first-order chi connectivity index (χ1) is 8.13. The first-order valence-corrected chi connectivity index (χ1v) is 6.93. The molecule has 0 saturated heterocycles. The normalized spacial score (nSPS) is 12.7. The third kappa shape index (κ3) is 2.66. The van der Waals surface area contributed by atoms with Crippen LogP contribution in [0.15, 0.2) is 29.6 Å². The van der Waals surface area contributed by atoms with E-state index in [1.54, 1.807) is 11.3 Å². The maximum atomic E-state index is 6.06. The van der Waals surface area contributed by atoms with Crippen LogP contribution in [0.5, 0.6) is 0 Å². The summed E-state index contributed by atoms with van der Waals surface area (Å²) in [7, 11) is 1.95. The second-order valence-electron chi connectivity index (χ2n) is 3.86. The molecule has 0 fully saturated rings. The standard InChI is InChI=1S/C13H13Cl2NS/c1-8-5-6-17-13(8)12(16-2)9-3-4-10(14)11(15)7-9/h3-7,12,16H,1-2H3. The van der Waals surface area contributed by atoms with Gasteiger partial charge in [0.05, 0.1) is 16.1 Å². The van der Waals surface area contributed by atoms with Crippen LogP contribution in [-0.4, -0.2) is 7.05 Å². The maximum Gasteiger partial charge on any atom is 0.0671 e. The van der Waals surface area contributed by atoms with E-state index in [1.807, 2.05) is 25.2 Å². The summed E-state index contributed by atoms with van der Waals surface area (Å²) >= 11 is 13.7. The van der Waals surface area contributed by atoms with Crippen molar-refractivity contribution < 1.29 is 0 Å². The van der Waals surface area contributed by atoms with Gasteiger partial charge in [-0.2, -0.15) is 0 Å². The van der Waals surface area contributed by atoms with Gasteiger partial charge in [-0.3, -0.25) is 0 Å². The number of aryl methyl sites for hydroxylation is 1. The Hall–Kier alpha value is -0.540. The molecule has 4 heteroatoms. The molecule has 1 nitrogen and oxygen atoms in total. The third-order valence-corrected chi connectivity index (χ3v) is 4.55. The van der Waals surface area contributed by atoms with E-state index in [-0.39, 0.29) is 6.04 Å². The van der Waals surface area contributed by atoms with Gasteiger partial charge >= 0.3 is 0 Å². The second-order valence-corrected chi connectivity index (χ2v) is 5.63. The quantitative estimate of drug-likeness (QED) is 0.864. The van der Waals surface area contributed by atoms with Crippen LogP contribution in [-0.2, 0) is 0 Å². The predicted molar refractivity (Wildman–Crippen MR) is 76.4 cm³/mol. The molecule has 90 valence electrons. The van der Waals surface area contributed by atoms with E-state index >= 15 is 0 Å². The van der Waals surface area contributed by atoms with Crippen LogP contribution in [0.1, 0.15) is 22.0 Å². The van der Waals surface area contributed by atoms with Crippen molar-refractivity contribution in [1.29, 1.82) is 0 Å². The van der Waals surface area contributed by atoms with Crippen molar-refractivity contribution in [3.8, 4) is 0 Å². The number of rotatable bonds is 3. The fourth-order valence-electron chi connectivity index (χ4n) is 1.82. The number of hydrogen-bond acceptors (Lipinski definition) is 2. The van der Waals surface area contributed by atoms with Crippen molar-refractivity contribution in [3.05, 3.63) is 55.7 Å². The lowest BCUT2D eigenvalue weighted by Crippen LogP contribution is -2.17. The third-order valence-electron chi connectivity index (χ3n) is 2.73. The van der Waals surface area contributed by atoms with Crippen LogP contribution in [0, 0.1) is 6.92 Å². The molecule has 0 aliphatic heterocycles. The van der Waals surface area contributed by atoms with Crippen LogP contribution in [0.3, 0.4) is 0 Å². The molecule has 0 spiro atoms. The van der Waals surface area contributed by atoms with Crippen molar-refractivity contribution in [2.45, 2.75) is 13.0 Å². The van der Waals surface area contributed by atoms with Gasteiger partial charge in [-0.25, -0.2) is 0 Å². The summed E-state index contributed by atoms with van der Waals surface area (Å²) in [5, 5.41) is 6.61. The van der Waals surface area contributed by atoms with Gasteiger partial charge in [0.25, 0.3) is 0 Å². The Kier molecular flexibility index (Phi) is 4.10. The highest BCUT2D eigenvalue weighted by Gasteiger charge is 2.16. The van der Waals surface area contributed by atoms with Crippen LogP contribution >= 0.6 is 34.5 Å². The number of hydrogen-bond donors (Lipinski definition) is 1. The highest BCUT2D eigenvalue weighted by atomic mass is 35.5. The van der Waals surface area contributed by atoms with E-state index in [0.717, 1.165) is 5.56 Å². The predicted octanol–water partition coefficient (Wildman–Crippen LogP) is 4.67. The molecule has 17 heavy (non-hydrogen) atoms. The van der Waals surface area contributed by atoms with Crippen molar-refractivity contribution in [2.75, 3.05) is 7.05 Å². The fourth-order valence-corrected chi connectivity index (χ4v) is 3.19. The fraction of sp³-hybridized carbons (Fsp3) is 0.231. The van der Waals surface area contributed by atoms with Gasteiger partial charge in [-0.1, -0.05) is 29.3 Å². The Morgan fingerprint density at radius 2 is 1.94 bits per heavy atom. The van der Waals surface area contributed by atoms with Crippen molar-refractivity contribution in [2.24, 2.45) is 0 Å². The summed E-state index contributed by atoms with van der Waals surface area (Å²) in [4.78, 5) is 1.31. The van der Waals surface area contributed by atoms with Crippen LogP contribution < -0.4 is 5.32 Å². The Bertz CT molecular complexity index is 522. The average molecular weight is 286 g/mol. The number of halogens is 2. The first kappa shape index (κ1) is 12.9. The average Bonchev–Trinajstić information content (AvgIpc) is 2.71. The number of nitrogens with one attached hydrogen (secondary N) is 1. The van der Waals surface area contributed by atoms with Gasteiger partial charge in [0, 0.05) is 4.88 Å². The lowest BCUT2D eigenvalue weighted by Gasteiger charge is -2.17. The lowest BCUT2D eigenvalue weighted by atomic mass is 10.0. The summed E-state index contributed by atoms with van der Waals surface area (Å²) in [5.41, 5.74) is 2.42. The SMILES string of the molecule is CNC(c1ccc(Cl)c(Cl)c1)c1sccc1C. The summed E-state index contributed by atoms with van der Waals surface area (Å²) in [5.74, 6) is 0. The van der Waals surface area contributed by atoms with Gasteiger partial charge in [-0.15, -0.1) is 11.3 Å². The molecule has 0 amide bonds. The molecule has 1 heterocycles. The minimum Gasteiger partial charge on any atom is -0.309 e. The van der Waals surface area contributed by atoms with Crippen LogP contribution in [0.25, 0.3) is 0 Å². The minimum absolute atomic E-state index is 0.171. The summed E-state index contributed by atoms with van der Waals surface area (Å²) < 4.78 is 0. The van der Waals surface area contributed by atoms with E-state index in [2.05, 4.69) is 23.7 Å². The zero-order valence-corrected chi connectivity index (χ0v) is 12.0. The minimum atomic E-state index is 0.171. The van der Waals surface area contributed by atoms with E-state index in [0.29, 0.717) is 10.0 Å². The molecule has 0 radical (unpaired) electrons. The Balaban J connectivity index is 2.42. The Morgan fingerprint density at radius 1 is 1.18 bits per heavy atom. The first-order valence-electron chi connectivity index (χ1n) is 5.29. The summed E-state index contributed by atoms with van der Waals surface area (Å²) in [6, 6.07) is 8.07. The highest BCUT2D eigenvalue weighted by Crippen LogP contribution is 2.32. The zero-order chi connectivity index (χ0) is 12.4. The molecule has 0 bridgehead atoms. The molecule has 0 aliphatic carbocycles. The molecule has 1 unspecified atom stereocenters. The van der Waals surface area contributed by atoms with E-state index in [4.69, 9.17) is 23.2 Å². The number of benzene rings is 1. The second kappa shape index (κ2) is 5.40. The largest absolute Gasteiger partial charge is 0.309 e. The van der Waals surface area contributed by atoms with Crippen LogP contribution in [0.2, 0.25) is 10.0 Å². The lowest BCUT2D eigenvalue weighted by molar-refractivity contribution is 0.700. The summed E-state index contributed by atoms with van der Waals surface area (Å²) in [6.07, 6.45) is 0. The van der Waals surface area contributed by atoms with E-state index in [1.165, 1.54) is 10.4 Å². The molecule has 1 N–H and O–H groups in total. The molecule has 1 aromatic carbocycles. The summed E-state index contributed by atoms with van der Waals surface area (Å²) in [6.45, 7) is 2.12. The van der Waals surface area contributed by atoms with Crippen LogP contribution in [0.4, 0.5) is 0 Å². The molecule has 0 saturated carbocycles. The van der Waals surface area contributed by atoms with Crippen molar-refractivity contribution in [3.63, 3.8) is 0 Å². The van der Waals surface area contributed by atoms with Gasteiger partial charge < -0.3 is 5.32 Å². The van der Waals surface area contributed by atoms with Crippen molar-refractivity contribution >= 4 is 34.5 Å². The Morgan fingerprint density at radius 3 is 2.47 bits per heavy atom. The number of thiophene rings is 1. The monoisotopic (exact) mass is 285 g/mol. The molecular weight excluding hydrogens is 273 g/mol. The molecular formula is C13H13Cl2NS. The maximum absolute atomic E-state index is 6.06. The molecule has 1 atom stereocenters. The van der Waals surface area contributed by atoms with Gasteiger partial charge in [0.15, 0.2) is 0 Å².